The van der Waals surface area contributed by atoms with Gasteiger partial charge in [-0.2, -0.15) is 0 Å². The predicted molar refractivity (Wildman–Crippen MR) is 131 cm³/mol. The summed E-state index contributed by atoms with van der Waals surface area (Å²) >= 11 is 3.37. The van der Waals surface area contributed by atoms with Crippen molar-refractivity contribution in [3.63, 3.8) is 0 Å². The molecule has 2 amide bonds. The summed E-state index contributed by atoms with van der Waals surface area (Å²) in [4.78, 5) is 56.3. The van der Waals surface area contributed by atoms with Crippen LogP contribution in [-0.4, -0.2) is 29.0 Å². The van der Waals surface area contributed by atoms with Crippen molar-refractivity contribution in [2.45, 2.75) is 25.0 Å². The zero-order chi connectivity index (χ0) is 24.5. The predicted octanol–water partition coefficient (Wildman–Crippen LogP) is 4.71. The van der Waals surface area contributed by atoms with Crippen LogP contribution >= 0.6 is 15.9 Å². The maximum absolute atomic E-state index is 13.9. The molecule has 0 N–H and O–H groups in total. The number of hydrogen-bond donors (Lipinski definition) is 0. The average molecular weight is 530 g/mol. The monoisotopic (exact) mass is 529 g/mol. The second-order valence-corrected chi connectivity index (χ2v) is 9.98. The van der Waals surface area contributed by atoms with Crippen molar-refractivity contribution in [3.05, 3.63) is 99.5 Å². The molecule has 3 aliphatic rings. The quantitative estimate of drug-likeness (QED) is 0.362. The number of amides is 2. The van der Waals surface area contributed by atoms with Crippen LogP contribution in [-0.2, 0) is 20.7 Å². The van der Waals surface area contributed by atoms with Gasteiger partial charge >= 0.3 is 0 Å². The Bertz CT molecular complexity index is 1380. The molecule has 35 heavy (non-hydrogen) atoms. The molecule has 0 unspecified atom stereocenters. The van der Waals surface area contributed by atoms with Crippen molar-refractivity contribution < 1.29 is 23.9 Å². The molecule has 2 saturated heterocycles. The molecule has 3 atom stereocenters. The van der Waals surface area contributed by atoms with Crippen LogP contribution in [0.2, 0.25) is 0 Å². The summed E-state index contributed by atoms with van der Waals surface area (Å²) in [7, 11) is 0. The minimum Gasteiger partial charge on any atom is -0.349 e. The summed E-state index contributed by atoms with van der Waals surface area (Å²) in [5, 5.41) is 0. The minimum absolute atomic E-state index is 0.223. The Morgan fingerprint density at radius 2 is 1.43 bits per heavy atom. The first-order valence-electron chi connectivity index (χ1n) is 11.5. The highest BCUT2D eigenvalue weighted by Crippen LogP contribution is 2.57. The average Bonchev–Trinajstić information content (AvgIpc) is 3.45. The van der Waals surface area contributed by atoms with E-state index in [4.69, 9.17) is 4.74 Å². The highest BCUT2D eigenvalue weighted by Gasteiger charge is 2.74. The van der Waals surface area contributed by atoms with Gasteiger partial charge in [-0.1, -0.05) is 71.4 Å². The van der Waals surface area contributed by atoms with Crippen LogP contribution in [0.5, 0.6) is 0 Å². The number of fused-ring (bicyclic) bond motifs is 3. The van der Waals surface area contributed by atoms with Gasteiger partial charge in [-0.3, -0.25) is 19.2 Å². The standard InChI is InChI=1S/C28H20BrNO5/c1-2-15-7-9-16(10-8-15)23-21-22(27(34)30(26(21)33)18-13-11-17(29)12-14-18)28(35-23)24(31)19-5-3-4-6-20(19)25(28)32/h3-14,21-23H,2H2,1H3/t21-,22+,23+/m1/s1. The molecule has 0 bridgehead atoms. The molecular weight excluding hydrogens is 510 g/mol. The van der Waals surface area contributed by atoms with Gasteiger partial charge in [-0.05, 0) is 41.8 Å². The van der Waals surface area contributed by atoms with Gasteiger partial charge in [-0.15, -0.1) is 0 Å². The second kappa shape index (κ2) is 7.80. The minimum atomic E-state index is -2.06. The van der Waals surface area contributed by atoms with E-state index < -0.39 is 46.9 Å². The van der Waals surface area contributed by atoms with Gasteiger partial charge in [0.15, 0.2) is 0 Å². The van der Waals surface area contributed by atoms with E-state index >= 15 is 0 Å². The number of anilines is 1. The van der Waals surface area contributed by atoms with Gasteiger partial charge in [0, 0.05) is 15.6 Å². The van der Waals surface area contributed by atoms with E-state index in [0.29, 0.717) is 11.3 Å². The molecule has 6 rings (SSSR count). The third-order valence-electron chi connectivity index (χ3n) is 7.32. The Morgan fingerprint density at radius 3 is 2.00 bits per heavy atom. The lowest BCUT2D eigenvalue weighted by molar-refractivity contribution is -0.127. The van der Waals surface area contributed by atoms with Gasteiger partial charge in [0.05, 0.1) is 23.6 Å². The van der Waals surface area contributed by atoms with Crippen molar-refractivity contribution in [1.29, 1.82) is 0 Å². The topological polar surface area (TPSA) is 80.8 Å². The summed E-state index contributed by atoms with van der Waals surface area (Å²) in [6.45, 7) is 2.04. The summed E-state index contributed by atoms with van der Waals surface area (Å²) in [5.41, 5.74) is 0.539. The molecule has 0 saturated carbocycles. The fraction of sp³-hybridized carbons (Fsp3) is 0.214. The lowest BCUT2D eigenvalue weighted by atomic mass is 9.77. The number of nitrogens with zero attached hydrogens (tertiary/aromatic N) is 1. The largest absolute Gasteiger partial charge is 0.349 e. The maximum Gasteiger partial charge on any atom is 0.241 e. The summed E-state index contributed by atoms with van der Waals surface area (Å²) in [5.74, 6) is -4.42. The number of aryl methyl sites for hydroxylation is 1. The van der Waals surface area contributed by atoms with Crippen LogP contribution in [0.3, 0.4) is 0 Å². The molecule has 3 aromatic carbocycles. The normalized spacial score (nSPS) is 24.4. The zero-order valence-electron chi connectivity index (χ0n) is 18.7. The van der Waals surface area contributed by atoms with E-state index in [9.17, 15) is 19.2 Å². The highest BCUT2D eigenvalue weighted by molar-refractivity contribution is 9.10. The third-order valence-corrected chi connectivity index (χ3v) is 7.85. The number of carbonyl (C=O) groups excluding carboxylic acids is 4. The molecule has 0 radical (unpaired) electrons. The van der Waals surface area contributed by atoms with E-state index in [2.05, 4.69) is 15.9 Å². The lowest BCUT2D eigenvalue weighted by Gasteiger charge is -2.27. The Balaban J connectivity index is 1.53. The molecule has 174 valence electrons. The van der Waals surface area contributed by atoms with Crippen molar-refractivity contribution >= 4 is 45.0 Å². The maximum atomic E-state index is 13.9. The number of Topliss-reactive ketones (excluding diaryl/α,β-unsaturated/α-hetero) is 2. The van der Waals surface area contributed by atoms with Gasteiger partial charge in [0.2, 0.25) is 29.0 Å². The van der Waals surface area contributed by atoms with Crippen molar-refractivity contribution in [1.82, 2.24) is 0 Å². The fourth-order valence-corrected chi connectivity index (χ4v) is 5.87. The first-order valence-corrected chi connectivity index (χ1v) is 12.3. The van der Waals surface area contributed by atoms with E-state index in [-0.39, 0.29) is 11.1 Å². The summed E-state index contributed by atoms with van der Waals surface area (Å²) < 4.78 is 7.11. The van der Waals surface area contributed by atoms with Crippen LogP contribution in [0, 0.1) is 11.8 Å². The Hall–Kier alpha value is -3.42. The number of hydrogen-bond acceptors (Lipinski definition) is 5. The number of imide groups is 1. The Labute approximate surface area is 210 Å². The second-order valence-electron chi connectivity index (χ2n) is 9.06. The van der Waals surface area contributed by atoms with E-state index in [1.54, 1.807) is 48.5 Å². The van der Waals surface area contributed by atoms with Gasteiger partial charge in [0.25, 0.3) is 0 Å². The summed E-state index contributed by atoms with van der Waals surface area (Å²) in [6, 6.07) is 20.8. The van der Waals surface area contributed by atoms with Crippen LogP contribution in [0.15, 0.2) is 77.3 Å². The lowest BCUT2D eigenvalue weighted by Crippen LogP contribution is -2.51. The van der Waals surface area contributed by atoms with Crippen LogP contribution < -0.4 is 4.90 Å². The first-order chi connectivity index (χ1) is 16.9. The van der Waals surface area contributed by atoms with Gasteiger partial charge < -0.3 is 4.74 Å². The van der Waals surface area contributed by atoms with Gasteiger partial charge in [-0.25, -0.2) is 4.90 Å². The molecule has 7 heteroatoms. The number of carbonyl (C=O) groups is 4. The highest BCUT2D eigenvalue weighted by atomic mass is 79.9. The van der Waals surface area contributed by atoms with Crippen molar-refractivity contribution in [2.75, 3.05) is 4.90 Å². The van der Waals surface area contributed by atoms with Crippen molar-refractivity contribution in [3.8, 4) is 0 Å². The van der Waals surface area contributed by atoms with Gasteiger partial charge in [0.1, 0.15) is 0 Å². The van der Waals surface area contributed by atoms with Crippen LogP contribution in [0.25, 0.3) is 0 Å². The number of halogens is 1. The molecule has 0 aromatic heterocycles. The number of ketones is 2. The molecule has 1 aliphatic carbocycles. The smallest absolute Gasteiger partial charge is 0.241 e. The van der Waals surface area contributed by atoms with Crippen molar-refractivity contribution in [2.24, 2.45) is 11.8 Å². The third kappa shape index (κ3) is 2.91. The Morgan fingerprint density at radius 1 is 0.829 bits per heavy atom. The molecule has 3 aromatic rings. The first kappa shape index (κ1) is 22.1. The zero-order valence-corrected chi connectivity index (χ0v) is 20.3. The van der Waals surface area contributed by atoms with E-state index in [0.717, 1.165) is 21.4 Å². The number of ether oxygens (including phenoxy) is 1. The molecule has 2 heterocycles. The van der Waals surface area contributed by atoms with E-state index in [1.165, 1.54) is 0 Å². The molecule has 2 aliphatic heterocycles. The molecule has 2 fully saturated rings. The molecule has 1 spiro atoms. The van der Waals surface area contributed by atoms with Crippen LogP contribution in [0.1, 0.15) is 44.9 Å². The van der Waals surface area contributed by atoms with Crippen LogP contribution in [0.4, 0.5) is 5.69 Å². The molecular formula is C28H20BrNO5. The summed E-state index contributed by atoms with van der Waals surface area (Å²) in [6.07, 6.45) is -0.0759. The number of benzene rings is 3. The Kier molecular flexibility index (Phi) is 4.92. The van der Waals surface area contributed by atoms with E-state index in [1.807, 2.05) is 31.2 Å². The fourth-order valence-electron chi connectivity index (χ4n) is 5.61. The number of rotatable bonds is 3. The molecule has 6 nitrogen and oxygen atoms in total. The SMILES string of the molecule is CCc1ccc([C@@H]2OC3(C(=O)c4ccccc4C3=O)[C@@H]3C(=O)N(c4ccc(Br)cc4)C(=O)[C@H]32)cc1.